The lowest BCUT2D eigenvalue weighted by Gasteiger charge is -2.22. The maximum Gasteiger partial charge on any atom is 0.343 e. The summed E-state index contributed by atoms with van der Waals surface area (Å²) in [5.74, 6) is 0.389. The van der Waals surface area contributed by atoms with Crippen LogP contribution in [0.1, 0.15) is 225 Å². The molecule has 0 unspecified atom stereocenters. The Hall–Kier alpha value is -11.9. The van der Waals surface area contributed by atoms with E-state index in [1.54, 1.807) is 151 Å². The molecule has 10 aromatic carbocycles. The molecule has 0 amide bonds. The lowest BCUT2D eigenvalue weighted by atomic mass is 9.91. The quantitative estimate of drug-likeness (QED) is 0.0186. The number of benzene rings is 10. The first kappa shape index (κ1) is 106. The third-order valence-electron chi connectivity index (χ3n) is 17.6. The smallest absolute Gasteiger partial charge is 0.343 e. The Morgan fingerprint density at radius 2 is 0.600 bits per heavy atom. The molecule has 0 aromatic heterocycles. The molecule has 0 saturated carbocycles. The third kappa shape index (κ3) is 41.5. The van der Waals surface area contributed by atoms with Crippen LogP contribution in [0, 0.1) is 21.7 Å². The van der Waals surface area contributed by atoms with E-state index in [0.29, 0.717) is 78.5 Å². The van der Waals surface area contributed by atoms with Crippen LogP contribution in [0.5, 0.6) is 23.0 Å². The maximum atomic E-state index is 12.2. The van der Waals surface area contributed by atoms with Gasteiger partial charge in [-0.1, -0.05) is 273 Å². The Bertz CT molecular complexity index is 4870. The number of hydrogen-bond donors (Lipinski definition) is 10. The van der Waals surface area contributed by atoms with Gasteiger partial charge in [0.15, 0.2) is 23.8 Å². The number of hydrogen-bond acceptors (Lipinski definition) is 14. The van der Waals surface area contributed by atoms with E-state index in [-0.39, 0.29) is 41.7 Å². The Labute approximate surface area is 716 Å². The van der Waals surface area contributed by atoms with Crippen molar-refractivity contribution < 1.29 is 38.1 Å². The number of guanidine groups is 4. The summed E-state index contributed by atoms with van der Waals surface area (Å²) < 4.78 is 21.9. The molecule has 0 fully saturated rings. The zero-order chi connectivity index (χ0) is 91.4. The second-order valence-electron chi connectivity index (χ2n) is 33.3. The molecule has 0 saturated heterocycles. The minimum absolute atomic E-state index is 0.0118. The van der Waals surface area contributed by atoms with Gasteiger partial charge in [-0.2, -0.15) is 0 Å². The van der Waals surface area contributed by atoms with Crippen LogP contribution in [0.25, 0.3) is 43.1 Å². The molecule has 0 atom stereocenters. The molecule has 18 N–H and O–H groups in total. The van der Waals surface area contributed by atoms with Crippen molar-refractivity contribution in [3.63, 3.8) is 0 Å². The van der Waals surface area contributed by atoms with E-state index in [0.717, 1.165) is 43.1 Å². The number of nitrogens with two attached hydrogens (primary N) is 8. The normalized spacial score (nSPS) is 10.8. The van der Waals surface area contributed by atoms with Gasteiger partial charge in [-0.25, -0.2) is 39.1 Å². The van der Waals surface area contributed by atoms with Crippen molar-refractivity contribution in [2.24, 2.45) is 87.5 Å². The summed E-state index contributed by atoms with van der Waals surface area (Å²) in [6, 6.07) is 61.3. The van der Waals surface area contributed by atoms with Gasteiger partial charge in [-0.05, 0) is 195 Å². The van der Waals surface area contributed by atoms with E-state index in [1.807, 2.05) is 125 Å². The summed E-state index contributed by atoms with van der Waals surface area (Å²) in [7, 11) is 3.42. The van der Waals surface area contributed by atoms with Crippen LogP contribution < -0.4 is 75.5 Å². The van der Waals surface area contributed by atoms with Crippen LogP contribution in [-0.4, -0.2) is 72.9 Å². The molecule has 0 spiro atoms. The Balaban J connectivity index is 0.000000717. The Morgan fingerprint density at radius 3 is 0.900 bits per heavy atom. The number of ether oxygens (including phenoxy) is 4. The summed E-state index contributed by atoms with van der Waals surface area (Å²) in [5.41, 5.74) is 47.5. The van der Waals surface area contributed by atoms with Gasteiger partial charge in [0.25, 0.3) is 0 Å². The first-order valence-electron chi connectivity index (χ1n) is 41.0. The highest BCUT2D eigenvalue weighted by molar-refractivity contribution is 6.02. The minimum Gasteiger partial charge on any atom is -0.425 e. The number of aliphatic imine (C=N–C) groups is 4. The number of rotatable bonds is 16. The lowest BCUT2D eigenvalue weighted by molar-refractivity contribution is -0.141. The predicted molar refractivity (Wildman–Crippen MR) is 509 cm³/mol. The molecule has 120 heavy (non-hydrogen) atoms. The first-order chi connectivity index (χ1) is 56.2. The van der Waals surface area contributed by atoms with E-state index < -0.39 is 17.0 Å². The summed E-state index contributed by atoms with van der Waals surface area (Å²) in [5, 5.41) is 12.7. The topological polar surface area (TPSA) is 387 Å². The van der Waals surface area contributed by atoms with E-state index >= 15 is 0 Å². The number of carbonyl (C=O) groups is 4. The molecule has 22 heteroatoms. The number of esters is 4. The van der Waals surface area contributed by atoms with E-state index in [9.17, 15) is 19.2 Å². The van der Waals surface area contributed by atoms with Gasteiger partial charge in [0.05, 0.1) is 33.9 Å². The SMILES string of the molecule is CC.CC.CCC(C)(C)C.CCC(C)(C)C.CCCC(C)(C)C.CCCC(C)(C)C.CNC(C)(C)C(=O)Oc1ccc(N=C(N)N)c2ccccc12.CNC(C)(C)C(=O)Oc1ccc2cc(N=C(N)N)ccc2c1.NC(N)=Nc1ccc(OC(=O)c2ccccc2)c2ccccc12.NC(N)=Nc1ccc2cc(OC(=O)c3ccccc3)ccc2c1. The average Bonchev–Trinajstić information content (AvgIpc) is 0.794. The molecule has 0 aliphatic heterocycles. The zero-order valence-electron chi connectivity index (χ0n) is 76.5. The number of nitrogens with one attached hydrogen (secondary N) is 2. The Kier molecular flexibility index (Phi) is 46.1. The van der Waals surface area contributed by atoms with Crippen molar-refractivity contribution in [3.8, 4) is 23.0 Å². The molecule has 22 nitrogen and oxygen atoms in total. The van der Waals surface area contributed by atoms with Crippen LogP contribution in [0.2, 0.25) is 0 Å². The second-order valence-corrected chi connectivity index (χ2v) is 33.3. The average molecular weight is 1640 g/mol. The fourth-order valence-corrected chi connectivity index (χ4v) is 9.79. The van der Waals surface area contributed by atoms with Crippen LogP contribution >= 0.6 is 0 Å². The van der Waals surface area contributed by atoms with Crippen molar-refractivity contribution >= 4 is 114 Å². The highest BCUT2D eigenvalue weighted by atomic mass is 16.5. The fourth-order valence-electron chi connectivity index (χ4n) is 9.79. The third-order valence-corrected chi connectivity index (χ3v) is 17.6. The molecule has 0 aliphatic rings. The van der Waals surface area contributed by atoms with E-state index in [2.05, 4.69) is 141 Å². The fraction of sp³-hybridized carbons (Fsp3) is 0.388. The van der Waals surface area contributed by atoms with Crippen LogP contribution in [0.15, 0.2) is 226 Å². The van der Waals surface area contributed by atoms with Crippen LogP contribution in [0.4, 0.5) is 22.7 Å². The van der Waals surface area contributed by atoms with Gasteiger partial charge in [-0.15, -0.1) is 0 Å². The van der Waals surface area contributed by atoms with Gasteiger partial charge in [-0.3, -0.25) is 0 Å². The highest BCUT2D eigenvalue weighted by Crippen LogP contribution is 2.36. The van der Waals surface area contributed by atoms with Crippen molar-refractivity contribution in [2.45, 2.75) is 216 Å². The predicted octanol–water partition coefficient (Wildman–Crippen LogP) is 21.8. The largest absolute Gasteiger partial charge is 0.425 e. The minimum atomic E-state index is -0.778. The molecule has 0 heterocycles. The summed E-state index contributed by atoms with van der Waals surface area (Å²) in [6.07, 6.45) is 7.84. The number of likely N-dealkylation sites (N-methyl/N-ethyl adjacent to an activating group) is 2. The second kappa shape index (κ2) is 52.1. The van der Waals surface area contributed by atoms with Crippen molar-refractivity contribution in [1.29, 1.82) is 0 Å². The molecule has 10 rings (SSSR count). The van der Waals surface area contributed by atoms with Crippen LogP contribution in [-0.2, 0) is 9.59 Å². The summed E-state index contributed by atoms with van der Waals surface area (Å²) in [6.45, 7) is 51.0. The molecular formula is C98H142N14O8. The van der Waals surface area contributed by atoms with E-state index in [4.69, 9.17) is 64.8 Å². The van der Waals surface area contributed by atoms with Gasteiger partial charge >= 0.3 is 23.9 Å². The molecular weight excluding hydrogens is 1500 g/mol. The maximum absolute atomic E-state index is 12.2. The monoisotopic (exact) mass is 1640 g/mol. The Morgan fingerprint density at radius 1 is 0.317 bits per heavy atom. The molecule has 652 valence electrons. The first-order valence-corrected chi connectivity index (χ1v) is 41.0. The molecule has 0 bridgehead atoms. The van der Waals surface area contributed by atoms with Gasteiger partial charge in [0, 0.05) is 21.5 Å². The van der Waals surface area contributed by atoms with Crippen molar-refractivity contribution in [2.75, 3.05) is 14.1 Å². The number of fused-ring (bicyclic) bond motifs is 4. The molecule has 0 aliphatic carbocycles. The molecule has 0 radical (unpaired) electrons. The standard InChI is InChI=1S/2C18H15N3O2.2C16H20N4O2.2C7H16.2C6H14.2C2H6/c19-18(20)21-15-10-11-16(14-9-5-4-8-13(14)15)23-17(22)12-6-2-1-3-7-12;19-18(20)21-15-8-6-14-11-16(9-7-13(14)10-15)23-17(22)12-4-2-1-3-5-12;1-16(2,19-3)14(21)22-13-7-5-10-8-12(20-15(17)18)6-4-11(10)9-13;1-16(2,19-3)14(21)22-13-9-8-12(20-15(17)18)10-6-4-5-7-11(10)13;2*1-5-6-7(2,3)4;2*1-5-6(2,3)4;2*1-2/h2*1-11H,(H4,19,20,21);2*4-9,19H,1-3H3,(H4,17,18,20);2*5-6H2,1-4H3;2*5H2,1-4H3;2*1-2H3. The highest BCUT2D eigenvalue weighted by Gasteiger charge is 2.29. The number of nitrogens with zero attached hydrogens (tertiary/aromatic N) is 4. The van der Waals surface area contributed by atoms with Gasteiger partial charge < -0.3 is 75.5 Å². The van der Waals surface area contributed by atoms with Gasteiger partial charge in [0.1, 0.15) is 34.1 Å². The lowest BCUT2D eigenvalue weighted by Crippen LogP contribution is -2.47. The summed E-state index contributed by atoms with van der Waals surface area (Å²) in [4.78, 5) is 64.8. The van der Waals surface area contributed by atoms with Crippen molar-refractivity contribution in [1.82, 2.24) is 10.6 Å². The van der Waals surface area contributed by atoms with Gasteiger partial charge in [0.2, 0.25) is 0 Å². The summed E-state index contributed by atoms with van der Waals surface area (Å²) >= 11 is 0. The number of carbonyl (C=O) groups excluding carboxylic acids is 4. The van der Waals surface area contributed by atoms with E-state index in [1.165, 1.54) is 38.5 Å². The van der Waals surface area contributed by atoms with Crippen LogP contribution in [0.3, 0.4) is 0 Å². The zero-order valence-corrected chi connectivity index (χ0v) is 76.5. The molecule has 10 aromatic rings. The van der Waals surface area contributed by atoms with Crippen molar-refractivity contribution in [3.05, 3.63) is 217 Å².